The Kier molecular flexibility index (Phi) is 3.52. The molecule has 0 bridgehead atoms. The van der Waals surface area contributed by atoms with Crippen molar-refractivity contribution in [2.24, 2.45) is 0 Å². The topological polar surface area (TPSA) is 43.1 Å². The zero-order valence-corrected chi connectivity index (χ0v) is 11.1. The summed E-state index contributed by atoms with van der Waals surface area (Å²) in [4.78, 5) is 16.3. The van der Waals surface area contributed by atoms with Gasteiger partial charge < -0.3 is 4.42 Å². The molecule has 3 nitrogen and oxygen atoms in total. The summed E-state index contributed by atoms with van der Waals surface area (Å²) in [5.41, 5.74) is 1.15. The SMILES string of the molecule is CC(=O)c1cc(F)ccc1Sc1nc(C)c(C)o1. The Morgan fingerprint density at radius 3 is 2.67 bits per heavy atom. The lowest BCUT2D eigenvalue weighted by atomic mass is 10.1. The number of nitrogens with zero attached hydrogens (tertiary/aromatic N) is 1. The van der Waals surface area contributed by atoms with E-state index in [0.717, 1.165) is 11.5 Å². The molecule has 1 heterocycles. The van der Waals surface area contributed by atoms with Gasteiger partial charge in [0.15, 0.2) is 5.78 Å². The quantitative estimate of drug-likeness (QED) is 0.792. The van der Waals surface area contributed by atoms with Gasteiger partial charge in [0.25, 0.3) is 5.22 Å². The van der Waals surface area contributed by atoms with E-state index in [2.05, 4.69) is 4.98 Å². The zero-order chi connectivity index (χ0) is 13.3. The second-order valence-corrected chi connectivity index (χ2v) is 4.91. The molecule has 0 unspecified atom stereocenters. The third kappa shape index (κ3) is 2.61. The van der Waals surface area contributed by atoms with Crippen LogP contribution in [0, 0.1) is 19.7 Å². The van der Waals surface area contributed by atoms with E-state index in [1.54, 1.807) is 6.07 Å². The molecule has 2 rings (SSSR count). The van der Waals surface area contributed by atoms with Crippen LogP contribution in [0.15, 0.2) is 32.7 Å². The van der Waals surface area contributed by atoms with Gasteiger partial charge in [-0.25, -0.2) is 9.37 Å². The summed E-state index contributed by atoms with van der Waals surface area (Å²) in [6, 6.07) is 4.11. The van der Waals surface area contributed by atoms with Crippen LogP contribution in [0.2, 0.25) is 0 Å². The van der Waals surface area contributed by atoms with Crippen LogP contribution in [0.5, 0.6) is 0 Å². The number of hydrogen-bond donors (Lipinski definition) is 0. The third-order valence-electron chi connectivity index (χ3n) is 2.53. The molecule has 0 spiro atoms. The largest absolute Gasteiger partial charge is 0.436 e. The van der Waals surface area contributed by atoms with Crippen LogP contribution >= 0.6 is 11.8 Å². The number of carbonyl (C=O) groups excluding carboxylic acids is 1. The Morgan fingerprint density at radius 1 is 1.39 bits per heavy atom. The Bertz CT molecular complexity index is 588. The fraction of sp³-hybridized carbons (Fsp3) is 0.231. The van der Waals surface area contributed by atoms with Crippen molar-refractivity contribution in [3.05, 3.63) is 41.0 Å². The van der Waals surface area contributed by atoms with Gasteiger partial charge in [-0.3, -0.25) is 4.79 Å². The molecule has 0 radical (unpaired) electrons. The number of aryl methyl sites for hydroxylation is 2. The van der Waals surface area contributed by atoms with Crippen molar-refractivity contribution in [1.82, 2.24) is 4.98 Å². The van der Waals surface area contributed by atoms with E-state index in [1.165, 1.54) is 30.8 Å². The molecular formula is C13H12FNO2S. The maximum absolute atomic E-state index is 13.1. The Labute approximate surface area is 108 Å². The lowest BCUT2D eigenvalue weighted by molar-refractivity contribution is 0.101. The number of ketones is 1. The molecule has 0 aliphatic carbocycles. The number of benzene rings is 1. The number of hydrogen-bond acceptors (Lipinski definition) is 4. The smallest absolute Gasteiger partial charge is 0.261 e. The second-order valence-electron chi connectivity index (χ2n) is 3.92. The summed E-state index contributed by atoms with van der Waals surface area (Å²) in [7, 11) is 0. The highest BCUT2D eigenvalue weighted by atomic mass is 32.2. The summed E-state index contributed by atoms with van der Waals surface area (Å²) in [5.74, 6) is 0.130. The Balaban J connectivity index is 2.36. The van der Waals surface area contributed by atoms with Crippen LogP contribution in [0.1, 0.15) is 28.7 Å². The van der Waals surface area contributed by atoms with Crippen LogP contribution in [0.4, 0.5) is 4.39 Å². The predicted octanol–water partition coefficient (Wildman–Crippen LogP) is 3.78. The molecule has 0 saturated heterocycles. The van der Waals surface area contributed by atoms with Crippen LogP contribution in [-0.2, 0) is 0 Å². The Hall–Kier alpha value is -1.62. The molecule has 5 heteroatoms. The fourth-order valence-electron chi connectivity index (χ4n) is 1.45. The highest BCUT2D eigenvalue weighted by Crippen LogP contribution is 2.31. The molecular weight excluding hydrogens is 253 g/mol. The molecule has 0 fully saturated rings. The van der Waals surface area contributed by atoms with E-state index in [1.807, 2.05) is 13.8 Å². The van der Waals surface area contributed by atoms with Crippen LogP contribution in [0.3, 0.4) is 0 Å². The molecule has 0 aliphatic heterocycles. The minimum absolute atomic E-state index is 0.183. The molecule has 0 atom stereocenters. The van der Waals surface area contributed by atoms with Gasteiger partial charge in [-0.1, -0.05) is 0 Å². The molecule has 0 saturated carbocycles. The van der Waals surface area contributed by atoms with E-state index in [0.29, 0.717) is 15.7 Å². The number of Topliss-reactive ketones (excluding diaryl/α,β-unsaturated/α-hetero) is 1. The zero-order valence-electron chi connectivity index (χ0n) is 10.3. The fourth-order valence-corrected chi connectivity index (χ4v) is 2.43. The maximum atomic E-state index is 13.1. The van der Waals surface area contributed by atoms with Gasteiger partial charge >= 0.3 is 0 Å². The van der Waals surface area contributed by atoms with Gasteiger partial charge in [0.1, 0.15) is 11.6 Å². The average Bonchev–Trinajstić information content (AvgIpc) is 2.60. The van der Waals surface area contributed by atoms with Crippen LogP contribution < -0.4 is 0 Å². The van der Waals surface area contributed by atoms with Gasteiger partial charge in [-0.2, -0.15) is 0 Å². The molecule has 1 aromatic heterocycles. The average molecular weight is 265 g/mol. The number of halogens is 1. The summed E-state index contributed by atoms with van der Waals surface area (Å²) in [6.07, 6.45) is 0. The van der Waals surface area contributed by atoms with Gasteiger partial charge in [-0.05, 0) is 50.7 Å². The molecule has 0 N–H and O–H groups in total. The van der Waals surface area contributed by atoms with Crippen molar-refractivity contribution in [3.8, 4) is 0 Å². The first kappa shape index (κ1) is 12.8. The minimum atomic E-state index is -0.427. The first-order valence-electron chi connectivity index (χ1n) is 5.39. The minimum Gasteiger partial charge on any atom is -0.436 e. The first-order valence-corrected chi connectivity index (χ1v) is 6.21. The number of aromatic nitrogens is 1. The molecule has 0 aliphatic rings. The van der Waals surface area contributed by atoms with E-state index in [-0.39, 0.29) is 5.78 Å². The van der Waals surface area contributed by atoms with E-state index >= 15 is 0 Å². The molecule has 18 heavy (non-hydrogen) atoms. The molecule has 0 amide bonds. The van der Waals surface area contributed by atoms with Crippen molar-refractivity contribution >= 4 is 17.5 Å². The molecule has 94 valence electrons. The van der Waals surface area contributed by atoms with Crippen LogP contribution in [-0.4, -0.2) is 10.8 Å². The van der Waals surface area contributed by atoms with Gasteiger partial charge in [0.2, 0.25) is 0 Å². The first-order chi connectivity index (χ1) is 8.47. The summed E-state index contributed by atoms with van der Waals surface area (Å²) < 4.78 is 18.5. The lowest BCUT2D eigenvalue weighted by Gasteiger charge is -2.03. The van der Waals surface area contributed by atoms with Gasteiger partial charge in [0.05, 0.1) is 5.69 Å². The van der Waals surface area contributed by atoms with Crippen molar-refractivity contribution < 1.29 is 13.6 Å². The van der Waals surface area contributed by atoms with Gasteiger partial charge in [0, 0.05) is 10.5 Å². The lowest BCUT2D eigenvalue weighted by Crippen LogP contribution is -1.96. The van der Waals surface area contributed by atoms with Crippen molar-refractivity contribution in [1.29, 1.82) is 0 Å². The summed E-state index contributed by atoms with van der Waals surface area (Å²) in [6.45, 7) is 5.08. The van der Waals surface area contributed by atoms with E-state index < -0.39 is 5.82 Å². The Morgan fingerprint density at radius 2 is 2.11 bits per heavy atom. The summed E-state index contributed by atoms with van der Waals surface area (Å²) >= 11 is 1.22. The predicted molar refractivity (Wildman–Crippen MR) is 66.5 cm³/mol. The second kappa shape index (κ2) is 4.94. The van der Waals surface area contributed by atoms with Crippen molar-refractivity contribution in [2.75, 3.05) is 0 Å². The molecule has 2 aromatic rings. The normalized spacial score (nSPS) is 10.7. The van der Waals surface area contributed by atoms with E-state index in [4.69, 9.17) is 4.42 Å². The monoisotopic (exact) mass is 265 g/mol. The summed E-state index contributed by atoms with van der Waals surface area (Å²) in [5, 5.41) is 0.458. The number of carbonyl (C=O) groups is 1. The maximum Gasteiger partial charge on any atom is 0.261 e. The highest BCUT2D eigenvalue weighted by Gasteiger charge is 2.13. The van der Waals surface area contributed by atoms with Crippen molar-refractivity contribution in [2.45, 2.75) is 30.9 Å². The van der Waals surface area contributed by atoms with Gasteiger partial charge in [-0.15, -0.1) is 0 Å². The molecule has 1 aromatic carbocycles. The highest BCUT2D eigenvalue weighted by molar-refractivity contribution is 7.99. The number of oxazole rings is 1. The van der Waals surface area contributed by atoms with E-state index in [9.17, 15) is 9.18 Å². The van der Waals surface area contributed by atoms with Crippen LogP contribution in [0.25, 0.3) is 0 Å². The number of rotatable bonds is 3. The van der Waals surface area contributed by atoms with Crippen molar-refractivity contribution in [3.63, 3.8) is 0 Å². The standard InChI is InChI=1S/C13H12FNO2S/c1-7-9(3)17-13(15-7)18-12-5-4-10(14)6-11(12)8(2)16/h4-6H,1-3H3. The third-order valence-corrected chi connectivity index (χ3v) is 3.45.